The number of hydrogen-bond donors (Lipinski definition) is 1. The van der Waals surface area contributed by atoms with E-state index in [0.29, 0.717) is 19.5 Å². The fourth-order valence-corrected chi connectivity index (χ4v) is 3.49. The topological polar surface area (TPSA) is 81.6 Å². The molecular weight excluding hydrogens is 500 g/mol. The van der Waals surface area contributed by atoms with Crippen molar-refractivity contribution in [3.63, 3.8) is 0 Å². The molecule has 0 aliphatic heterocycles. The minimum absolute atomic E-state index is 0.154. The van der Waals surface area contributed by atoms with E-state index in [9.17, 15) is 4.79 Å². The third-order valence-electron chi connectivity index (χ3n) is 5.88. The molecular formula is C33H46N4O3. The van der Waals surface area contributed by atoms with E-state index in [0.717, 1.165) is 35.6 Å². The van der Waals surface area contributed by atoms with Crippen LogP contribution in [0.5, 0.6) is 5.75 Å². The molecule has 1 N–H and O–H groups in total. The summed E-state index contributed by atoms with van der Waals surface area (Å²) >= 11 is 0. The standard InChI is InChI=1S/C25H33N3O3.C5H10.C3H3N/c1-6-10-21(30-4)11-8-9-16-27-23(19(3)7-2)17-24(29)28(25(27)26)18-20-12-14-22(31-5)15-13-20;1-3-5-4-2;1-3-4-2/h6,8,10-15,17,19,26H,1,7,9,16,18H2,2-5H3;3H,1,4-5H2,2H3;1H,2H2/b11-8-,21-10+,26-25?;;. The van der Waals surface area contributed by atoms with Gasteiger partial charge < -0.3 is 14.0 Å². The van der Waals surface area contributed by atoms with Gasteiger partial charge in [-0.1, -0.05) is 70.6 Å². The van der Waals surface area contributed by atoms with E-state index in [1.54, 1.807) is 32.4 Å². The Bertz CT molecular complexity index is 1260. The quantitative estimate of drug-likeness (QED) is 0.101. The molecule has 0 amide bonds. The molecule has 0 bridgehead atoms. The molecule has 0 saturated heterocycles. The largest absolute Gasteiger partial charge is 0.497 e. The molecule has 2 rings (SSSR count). The van der Waals surface area contributed by atoms with Gasteiger partial charge in [-0.15, -0.1) is 6.58 Å². The highest BCUT2D eigenvalue weighted by Gasteiger charge is 2.14. The van der Waals surface area contributed by atoms with Crippen molar-refractivity contribution < 1.29 is 9.47 Å². The van der Waals surface area contributed by atoms with E-state index in [1.165, 1.54) is 11.0 Å². The van der Waals surface area contributed by atoms with E-state index >= 15 is 0 Å². The molecule has 0 aliphatic carbocycles. The zero-order chi connectivity index (χ0) is 30.3. The number of allylic oxidation sites excluding steroid dienone is 5. The Labute approximate surface area is 240 Å². The van der Waals surface area contributed by atoms with Gasteiger partial charge in [0.1, 0.15) is 11.5 Å². The molecule has 0 aliphatic rings. The van der Waals surface area contributed by atoms with Crippen LogP contribution in [-0.4, -0.2) is 30.1 Å². The molecule has 2 aromatic rings. The van der Waals surface area contributed by atoms with Gasteiger partial charge >= 0.3 is 0 Å². The number of terminal acetylenes is 1. The summed E-state index contributed by atoms with van der Waals surface area (Å²) < 4.78 is 13.9. The first-order valence-electron chi connectivity index (χ1n) is 13.4. The molecule has 40 heavy (non-hydrogen) atoms. The van der Waals surface area contributed by atoms with Gasteiger partial charge in [-0.25, -0.2) is 4.99 Å². The van der Waals surface area contributed by atoms with Gasteiger partial charge in [0.15, 0.2) is 0 Å². The first-order valence-corrected chi connectivity index (χ1v) is 13.4. The number of benzene rings is 1. The molecule has 216 valence electrons. The Morgan fingerprint density at radius 1 is 1.18 bits per heavy atom. The molecule has 1 heterocycles. The number of methoxy groups -OCH3 is 2. The smallest absolute Gasteiger partial charge is 0.255 e. The van der Waals surface area contributed by atoms with Crippen molar-refractivity contribution in [3.05, 3.63) is 107 Å². The summed E-state index contributed by atoms with van der Waals surface area (Å²) in [5.74, 6) is 1.67. The lowest BCUT2D eigenvalue weighted by Gasteiger charge is -2.20. The van der Waals surface area contributed by atoms with Crippen LogP contribution in [0, 0.1) is 17.9 Å². The molecule has 0 radical (unpaired) electrons. The molecule has 7 heteroatoms. The summed E-state index contributed by atoms with van der Waals surface area (Å²) in [7, 11) is 3.24. The minimum atomic E-state index is -0.154. The maximum absolute atomic E-state index is 12.8. The van der Waals surface area contributed by atoms with Crippen molar-refractivity contribution in [2.24, 2.45) is 4.99 Å². The van der Waals surface area contributed by atoms with Crippen molar-refractivity contribution in [1.29, 1.82) is 5.41 Å². The van der Waals surface area contributed by atoms with Crippen LogP contribution in [0.2, 0.25) is 0 Å². The van der Waals surface area contributed by atoms with Crippen molar-refractivity contribution >= 4 is 6.72 Å². The van der Waals surface area contributed by atoms with Crippen LogP contribution in [0.1, 0.15) is 63.6 Å². The molecule has 1 aromatic carbocycles. The first-order chi connectivity index (χ1) is 19.3. The number of hydrogen-bond acceptors (Lipinski definition) is 5. The van der Waals surface area contributed by atoms with Crippen molar-refractivity contribution in [3.8, 4) is 18.2 Å². The molecule has 0 saturated carbocycles. The van der Waals surface area contributed by atoms with Crippen LogP contribution in [0.15, 0.2) is 89.4 Å². The van der Waals surface area contributed by atoms with E-state index in [1.807, 2.05) is 53.1 Å². The number of aromatic nitrogens is 2. The highest BCUT2D eigenvalue weighted by molar-refractivity contribution is 5.27. The second-order valence-electron chi connectivity index (χ2n) is 8.69. The molecule has 0 fully saturated rings. The van der Waals surface area contributed by atoms with Gasteiger partial charge in [0.2, 0.25) is 5.62 Å². The lowest BCUT2D eigenvalue weighted by molar-refractivity contribution is 0.306. The molecule has 1 unspecified atom stereocenters. The van der Waals surface area contributed by atoms with Crippen LogP contribution in [0.25, 0.3) is 0 Å². The summed E-state index contributed by atoms with van der Waals surface area (Å²) in [5, 5.41) is 8.77. The fraction of sp³-hybridized carbons (Fsp3) is 0.364. The average Bonchev–Trinajstić information content (AvgIpc) is 2.98. The summed E-state index contributed by atoms with van der Waals surface area (Å²) in [6, 6.07) is 11.2. The van der Waals surface area contributed by atoms with E-state index in [4.69, 9.17) is 14.9 Å². The van der Waals surface area contributed by atoms with E-state index in [2.05, 4.69) is 52.1 Å². The molecule has 7 nitrogen and oxygen atoms in total. The Morgan fingerprint density at radius 3 is 2.27 bits per heavy atom. The normalized spacial score (nSPS) is 11.2. The van der Waals surface area contributed by atoms with Gasteiger partial charge in [-0.05, 0) is 55.0 Å². The maximum Gasteiger partial charge on any atom is 0.255 e. The van der Waals surface area contributed by atoms with Crippen LogP contribution < -0.4 is 15.9 Å². The maximum atomic E-state index is 12.8. The predicted octanol–water partition coefficient (Wildman–Crippen LogP) is 6.61. The van der Waals surface area contributed by atoms with E-state index in [-0.39, 0.29) is 17.1 Å². The highest BCUT2D eigenvalue weighted by atomic mass is 16.5. The first kappa shape index (κ1) is 35.7. The van der Waals surface area contributed by atoms with Crippen LogP contribution in [0.3, 0.4) is 0 Å². The third kappa shape index (κ3) is 13.0. The summed E-state index contributed by atoms with van der Waals surface area (Å²) in [4.78, 5) is 15.9. The monoisotopic (exact) mass is 546 g/mol. The summed E-state index contributed by atoms with van der Waals surface area (Å²) in [6.07, 6.45) is 17.8. The molecule has 1 aromatic heterocycles. The Hall–Kier alpha value is -4.31. The van der Waals surface area contributed by atoms with Gasteiger partial charge in [-0.2, -0.15) is 0 Å². The number of nitrogens with one attached hydrogen (secondary N) is 1. The van der Waals surface area contributed by atoms with Crippen LogP contribution in [-0.2, 0) is 17.8 Å². The number of ether oxygens (including phenoxy) is 2. The Morgan fingerprint density at radius 2 is 1.82 bits per heavy atom. The minimum Gasteiger partial charge on any atom is -0.497 e. The second kappa shape index (κ2) is 21.6. The third-order valence-corrected chi connectivity index (χ3v) is 5.88. The number of unbranched alkanes of at least 4 members (excludes halogenated alkanes) is 1. The van der Waals surface area contributed by atoms with Crippen molar-refractivity contribution in [2.75, 3.05) is 14.2 Å². The summed E-state index contributed by atoms with van der Waals surface area (Å²) in [6.45, 7) is 17.5. The van der Waals surface area contributed by atoms with Gasteiger partial charge in [0.25, 0.3) is 5.56 Å². The SMILES string of the molecule is C#CN=C.C=C/C=C(\C=C/CCn1c(C(C)CC)cc(=O)n(Cc2ccc(OC)cc2)c1=N)OC.C=CCCC. The molecule has 0 spiro atoms. The lowest BCUT2D eigenvalue weighted by Crippen LogP contribution is -2.42. The van der Waals surface area contributed by atoms with Gasteiger partial charge in [0, 0.05) is 31.1 Å². The summed E-state index contributed by atoms with van der Waals surface area (Å²) in [5.41, 5.74) is 1.89. The zero-order valence-electron chi connectivity index (χ0n) is 24.9. The number of nitrogens with zero attached hydrogens (tertiary/aromatic N) is 3. The fourth-order valence-electron chi connectivity index (χ4n) is 3.49. The predicted molar refractivity (Wildman–Crippen MR) is 168 cm³/mol. The lowest BCUT2D eigenvalue weighted by atomic mass is 10.0. The highest BCUT2D eigenvalue weighted by Crippen LogP contribution is 2.17. The zero-order valence-corrected chi connectivity index (χ0v) is 24.9. The van der Waals surface area contributed by atoms with Crippen LogP contribution in [0.4, 0.5) is 0 Å². The average molecular weight is 547 g/mol. The second-order valence-corrected chi connectivity index (χ2v) is 8.69. The molecule has 1 atom stereocenters. The Balaban J connectivity index is 0.00000146. The Kier molecular flexibility index (Phi) is 19.3. The van der Waals surface area contributed by atoms with Crippen molar-refractivity contribution in [2.45, 2.75) is 65.5 Å². The number of rotatable bonds is 13. The number of aliphatic imine (C=N–C) groups is 1. The van der Waals surface area contributed by atoms with Crippen molar-refractivity contribution in [1.82, 2.24) is 9.13 Å². The van der Waals surface area contributed by atoms with E-state index < -0.39 is 0 Å². The van der Waals surface area contributed by atoms with Gasteiger partial charge in [0.05, 0.1) is 20.8 Å². The van der Waals surface area contributed by atoms with Gasteiger partial charge in [-0.3, -0.25) is 14.8 Å². The van der Waals surface area contributed by atoms with Crippen LogP contribution >= 0.6 is 0 Å².